The SMILES string of the molecule is c1ccc2c(c1)CCOC2COc1nccs1. The van der Waals surface area contributed by atoms with Gasteiger partial charge in [0.15, 0.2) is 0 Å². The highest BCUT2D eigenvalue weighted by atomic mass is 32.1. The summed E-state index contributed by atoms with van der Waals surface area (Å²) < 4.78 is 11.4. The molecule has 0 fully saturated rings. The van der Waals surface area contributed by atoms with Crippen LogP contribution in [0.3, 0.4) is 0 Å². The van der Waals surface area contributed by atoms with E-state index in [1.807, 2.05) is 11.4 Å². The lowest BCUT2D eigenvalue weighted by atomic mass is 9.98. The number of benzene rings is 1. The summed E-state index contributed by atoms with van der Waals surface area (Å²) in [6.45, 7) is 1.30. The molecule has 0 saturated heterocycles. The molecule has 1 unspecified atom stereocenters. The molecule has 2 aromatic rings. The van der Waals surface area contributed by atoms with Gasteiger partial charge in [0.2, 0.25) is 0 Å². The number of rotatable bonds is 3. The third-order valence-corrected chi connectivity index (χ3v) is 3.54. The van der Waals surface area contributed by atoms with Crippen molar-refractivity contribution >= 4 is 11.3 Å². The second-order valence-corrected chi connectivity index (χ2v) is 4.77. The standard InChI is InChI=1S/C13H13NO2S/c1-2-4-11-10(3-1)5-7-15-12(11)9-16-13-14-6-8-17-13/h1-4,6,8,12H,5,7,9H2. The van der Waals surface area contributed by atoms with Gasteiger partial charge in [0.25, 0.3) is 5.19 Å². The summed E-state index contributed by atoms with van der Waals surface area (Å²) in [5.74, 6) is 0. The van der Waals surface area contributed by atoms with Gasteiger partial charge in [-0.1, -0.05) is 35.6 Å². The largest absolute Gasteiger partial charge is 0.467 e. The van der Waals surface area contributed by atoms with Crippen molar-refractivity contribution in [3.8, 4) is 5.19 Å². The Bertz CT molecular complexity index is 484. The minimum atomic E-state index is 0.0313. The molecular weight excluding hydrogens is 234 g/mol. The number of thiazole rings is 1. The van der Waals surface area contributed by atoms with Gasteiger partial charge in [0.05, 0.1) is 6.61 Å². The van der Waals surface area contributed by atoms with Gasteiger partial charge in [-0.05, 0) is 17.5 Å². The Kier molecular flexibility index (Phi) is 3.07. The fourth-order valence-electron chi connectivity index (χ4n) is 2.04. The second kappa shape index (κ2) is 4.85. The first-order chi connectivity index (χ1) is 8.43. The Morgan fingerprint density at radius 3 is 3.24 bits per heavy atom. The number of nitrogens with zero attached hydrogens (tertiary/aromatic N) is 1. The van der Waals surface area contributed by atoms with Crippen LogP contribution >= 0.6 is 11.3 Å². The van der Waals surface area contributed by atoms with Gasteiger partial charge in [-0.3, -0.25) is 0 Å². The zero-order valence-electron chi connectivity index (χ0n) is 9.33. The third-order valence-electron chi connectivity index (χ3n) is 2.86. The summed E-state index contributed by atoms with van der Waals surface area (Å²) in [7, 11) is 0. The number of ether oxygens (including phenoxy) is 2. The van der Waals surface area contributed by atoms with Crippen LogP contribution in [-0.4, -0.2) is 18.2 Å². The summed E-state index contributed by atoms with van der Waals surface area (Å²) in [5, 5.41) is 2.61. The van der Waals surface area contributed by atoms with Gasteiger partial charge in [-0.2, -0.15) is 0 Å². The number of hydrogen-bond donors (Lipinski definition) is 0. The molecule has 3 rings (SSSR count). The first-order valence-electron chi connectivity index (χ1n) is 5.65. The van der Waals surface area contributed by atoms with E-state index < -0.39 is 0 Å². The molecule has 0 aliphatic carbocycles. The lowest BCUT2D eigenvalue weighted by molar-refractivity contribution is 0.0101. The molecule has 1 aromatic carbocycles. The van der Waals surface area contributed by atoms with E-state index in [0.717, 1.165) is 13.0 Å². The van der Waals surface area contributed by atoms with Gasteiger partial charge >= 0.3 is 0 Å². The Hall–Kier alpha value is -1.39. The van der Waals surface area contributed by atoms with Crippen LogP contribution < -0.4 is 4.74 Å². The van der Waals surface area contributed by atoms with Crippen LogP contribution in [0, 0.1) is 0 Å². The Morgan fingerprint density at radius 1 is 1.41 bits per heavy atom. The van der Waals surface area contributed by atoms with E-state index >= 15 is 0 Å². The monoisotopic (exact) mass is 247 g/mol. The highest BCUT2D eigenvalue weighted by Crippen LogP contribution is 2.27. The maximum Gasteiger partial charge on any atom is 0.273 e. The van der Waals surface area contributed by atoms with Crippen LogP contribution in [0.15, 0.2) is 35.8 Å². The van der Waals surface area contributed by atoms with E-state index in [1.165, 1.54) is 22.5 Å². The molecule has 88 valence electrons. The quantitative estimate of drug-likeness (QED) is 0.835. The molecule has 4 heteroatoms. The second-order valence-electron chi connectivity index (χ2n) is 3.92. The lowest BCUT2D eigenvalue weighted by Gasteiger charge is -2.25. The first kappa shape index (κ1) is 10.7. The number of fused-ring (bicyclic) bond motifs is 1. The van der Waals surface area contributed by atoms with Crippen molar-refractivity contribution < 1.29 is 9.47 Å². The van der Waals surface area contributed by atoms with E-state index in [2.05, 4.69) is 23.2 Å². The topological polar surface area (TPSA) is 31.4 Å². The minimum Gasteiger partial charge on any atom is -0.467 e. The molecule has 0 radical (unpaired) electrons. The molecular formula is C13H13NO2S. The van der Waals surface area contributed by atoms with Crippen LogP contribution in [-0.2, 0) is 11.2 Å². The molecule has 0 saturated carbocycles. The molecule has 2 heterocycles. The van der Waals surface area contributed by atoms with Crippen LogP contribution in [0.1, 0.15) is 17.2 Å². The molecule has 1 aromatic heterocycles. The lowest BCUT2D eigenvalue weighted by Crippen LogP contribution is -2.21. The summed E-state index contributed by atoms with van der Waals surface area (Å²) in [6.07, 6.45) is 2.77. The zero-order valence-corrected chi connectivity index (χ0v) is 10.2. The van der Waals surface area contributed by atoms with E-state index in [0.29, 0.717) is 11.8 Å². The van der Waals surface area contributed by atoms with Gasteiger partial charge in [0.1, 0.15) is 12.7 Å². The summed E-state index contributed by atoms with van der Waals surface area (Å²) >= 11 is 1.50. The summed E-state index contributed by atoms with van der Waals surface area (Å²) in [4.78, 5) is 4.10. The Labute approximate surface area is 104 Å². The van der Waals surface area contributed by atoms with Gasteiger partial charge < -0.3 is 9.47 Å². The molecule has 1 atom stereocenters. The van der Waals surface area contributed by atoms with Crippen molar-refractivity contribution in [1.29, 1.82) is 0 Å². The molecule has 1 aliphatic rings. The van der Waals surface area contributed by atoms with Crippen LogP contribution in [0.25, 0.3) is 0 Å². The van der Waals surface area contributed by atoms with Crippen molar-refractivity contribution in [1.82, 2.24) is 4.98 Å². The zero-order chi connectivity index (χ0) is 11.5. The Balaban J connectivity index is 1.72. The van der Waals surface area contributed by atoms with Crippen molar-refractivity contribution in [2.45, 2.75) is 12.5 Å². The average molecular weight is 247 g/mol. The molecule has 3 nitrogen and oxygen atoms in total. The van der Waals surface area contributed by atoms with Gasteiger partial charge in [-0.15, -0.1) is 0 Å². The van der Waals surface area contributed by atoms with Gasteiger partial charge in [-0.25, -0.2) is 4.98 Å². The highest BCUT2D eigenvalue weighted by molar-refractivity contribution is 7.11. The molecule has 1 aliphatic heterocycles. The van der Waals surface area contributed by atoms with Crippen LogP contribution in [0.4, 0.5) is 0 Å². The summed E-state index contributed by atoms with van der Waals surface area (Å²) in [6, 6.07) is 8.39. The minimum absolute atomic E-state index is 0.0313. The van der Waals surface area contributed by atoms with E-state index in [1.54, 1.807) is 6.20 Å². The van der Waals surface area contributed by atoms with E-state index in [9.17, 15) is 0 Å². The third kappa shape index (κ3) is 2.33. The van der Waals surface area contributed by atoms with Crippen LogP contribution in [0.5, 0.6) is 5.19 Å². The predicted octanol–water partition coefficient (Wildman–Crippen LogP) is 2.84. The molecule has 0 bridgehead atoms. The molecule has 0 spiro atoms. The van der Waals surface area contributed by atoms with E-state index in [4.69, 9.17) is 9.47 Å². The average Bonchev–Trinajstić information content (AvgIpc) is 2.89. The molecule has 0 amide bonds. The number of hydrogen-bond acceptors (Lipinski definition) is 4. The first-order valence-corrected chi connectivity index (χ1v) is 6.53. The molecule has 0 N–H and O–H groups in total. The van der Waals surface area contributed by atoms with Gasteiger partial charge in [0, 0.05) is 11.6 Å². The van der Waals surface area contributed by atoms with Crippen LogP contribution in [0.2, 0.25) is 0 Å². The normalized spacial score (nSPS) is 18.7. The summed E-state index contributed by atoms with van der Waals surface area (Å²) in [5.41, 5.74) is 2.61. The Morgan fingerprint density at radius 2 is 2.35 bits per heavy atom. The predicted molar refractivity (Wildman–Crippen MR) is 66.4 cm³/mol. The fourth-order valence-corrected chi connectivity index (χ4v) is 2.54. The maximum atomic E-state index is 5.75. The number of aromatic nitrogens is 1. The van der Waals surface area contributed by atoms with Crippen molar-refractivity contribution in [3.05, 3.63) is 47.0 Å². The molecule has 17 heavy (non-hydrogen) atoms. The smallest absolute Gasteiger partial charge is 0.273 e. The van der Waals surface area contributed by atoms with E-state index in [-0.39, 0.29) is 6.10 Å². The van der Waals surface area contributed by atoms with Crippen molar-refractivity contribution in [2.75, 3.05) is 13.2 Å². The fraction of sp³-hybridized carbons (Fsp3) is 0.308. The highest BCUT2D eigenvalue weighted by Gasteiger charge is 2.21. The van der Waals surface area contributed by atoms with Crippen molar-refractivity contribution in [3.63, 3.8) is 0 Å². The maximum absolute atomic E-state index is 5.75. The van der Waals surface area contributed by atoms with Crippen molar-refractivity contribution in [2.24, 2.45) is 0 Å².